The molecule has 1 nitrogen and oxygen atoms in total. The maximum Gasteiger partial charge on any atom is 0.0423 e. The molecule has 1 heterocycles. The van der Waals surface area contributed by atoms with Crippen molar-refractivity contribution in [2.45, 2.75) is 70.8 Å². The van der Waals surface area contributed by atoms with Crippen molar-refractivity contribution < 1.29 is 0 Å². The van der Waals surface area contributed by atoms with Gasteiger partial charge in [-0.05, 0) is 40.8 Å². The first kappa shape index (κ1) is 17.2. The van der Waals surface area contributed by atoms with Crippen LogP contribution in [0, 0.1) is 0 Å². The minimum absolute atomic E-state index is 0.523. The lowest BCUT2D eigenvalue weighted by Gasteiger charge is -2.15. The summed E-state index contributed by atoms with van der Waals surface area (Å²) in [7, 11) is 2.07. The van der Waals surface area contributed by atoms with Gasteiger partial charge in [0.25, 0.3) is 0 Å². The quantitative estimate of drug-likeness (QED) is 0.464. The van der Waals surface area contributed by atoms with E-state index in [4.69, 9.17) is 0 Å². The summed E-state index contributed by atoms with van der Waals surface area (Å²) in [5.41, 5.74) is 0. The van der Waals surface area contributed by atoms with Crippen molar-refractivity contribution in [1.82, 2.24) is 5.32 Å². The Hall–Kier alpha value is 0.140. The fourth-order valence-electron chi connectivity index (χ4n) is 2.44. The summed E-state index contributed by atoms with van der Waals surface area (Å²) in [6.45, 7) is 2.28. The van der Waals surface area contributed by atoms with E-state index in [1.165, 1.54) is 67.1 Å². The lowest BCUT2D eigenvalue weighted by Crippen LogP contribution is -2.15. The number of nitrogens with one attached hydrogen (secondary N) is 1. The zero-order valence-electron chi connectivity index (χ0n) is 12.4. The predicted octanol–water partition coefficient (Wildman–Crippen LogP) is 6.30. The minimum atomic E-state index is 0.523. The van der Waals surface area contributed by atoms with E-state index in [1.54, 1.807) is 0 Å². The molecule has 0 bridgehead atoms. The smallest absolute Gasteiger partial charge is 0.0423 e. The first-order chi connectivity index (χ1) is 9.29. The summed E-state index contributed by atoms with van der Waals surface area (Å²) in [6.07, 6.45) is 12.4. The molecule has 110 valence electrons. The fourth-order valence-corrected chi connectivity index (χ4v) is 4.24. The normalized spacial score (nSPS) is 12.8. The summed E-state index contributed by atoms with van der Waals surface area (Å²) < 4.78 is 1.26. The molecule has 0 saturated carbocycles. The number of hydrogen-bond acceptors (Lipinski definition) is 2. The monoisotopic (exact) mass is 345 g/mol. The van der Waals surface area contributed by atoms with Crippen molar-refractivity contribution in [3.63, 3.8) is 0 Å². The second-order valence-corrected chi connectivity index (χ2v) is 7.04. The highest BCUT2D eigenvalue weighted by atomic mass is 79.9. The van der Waals surface area contributed by atoms with Gasteiger partial charge in [0, 0.05) is 15.4 Å². The summed E-state index contributed by atoms with van der Waals surface area (Å²) in [5, 5.41) is 5.61. The van der Waals surface area contributed by atoms with E-state index in [1.807, 2.05) is 11.3 Å². The van der Waals surface area contributed by atoms with Gasteiger partial charge < -0.3 is 5.32 Å². The zero-order valence-corrected chi connectivity index (χ0v) is 14.8. The van der Waals surface area contributed by atoms with Gasteiger partial charge >= 0.3 is 0 Å². The van der Waals surface area contributed by atoms with Crippen molar-refractivity contribution in [3.8, 4) is 0 Å². The fraction of sp³-hybridized carbons (Fsp3) is 0.750. The highest BCUT2D eigenvalue weighted by molar-refractivity contribution is 9.10. The Labute approximate surface area is 131 Å². The molecule has 1 aromatic heterocycles. The molecule has 1 N–H and O–H groups in total. The van der Waals surface area contributed by atoms with Gasteiger partial charge in [-0.3, -0.25) is 0 Å². The molecule has 1 rings (SSSR count). The average molecular weight is 346 g/mol. The van der Waals surface area contributed by atoms with E-state index in [0.29, 0.717) is 6.04 Å². The van der Waals surface area contributed by atoms with E-state index in [9.17, 15) is 0 Å². The molecule has 0 fully saturated rings. The van der Waals surface area contributed by atoms with Gasteiger partial charge in [-0.15, -0.1) is 11.3 Å². The largest absolute Gasteiger partial charge is 0.312 e. The summed E-state index contributed by atoms with van der Waals surface area (Å²) in [4.78, 5) is 1.45. The Kier molecular flexibility index (Phi) is 9.84. The molecule has 0 amide bonds. The second kappa shape index (κ2) is 10.9. The van der Waals surface area contributed by atoms with Crippen LogP contribution in [0.15, 0.2) is 15.9 Å². The van der Waals surface area contributed by atoms with E-state index in [0.717, 1.165) is 0 Å². The molecule has 1 atom stereocenters. The van der Waals surface area contributed by atoms with E-state index in [2.05, 4.69) is 46.7 Å². The van der Waals surface area contributed by atoms with Crippen molar-refractivity contribution in [1.29, 1.82) is 0 Å². The van der Waals surface area contributed by atoms with E-state index >= 15 is 0 Å². The van der Waals surface area contributed by atoms with Crippen molar-refractivity contribution in [3.05, 3.63) is 20.8 Å². The molecular weight excluding hydrogens is 318 g/mol. The van der Waals surface area contributed by atoms with Gasteiger partial charge in [0.15, 0.2) is 0 Å². The number of unbranched alkanes of at least 4 members (excludes halogenated alkanes) is 7. The van der Waals surface area contributed by atoms with Gasteiger partial charge in [-0.1, -0.05) is 58.3 Å². The molecule has 0 aliphatic heterocycles. The van der Waals surface area contributed by atoms with Crippen LogP contribution in [0.2, 0.25) is 0 Å². The standard InChI is InChI=1S/C16H28BrNS/c1-3-4-5-6-7-8-9-10-11-15(18-2)16-14(17)12-13-19-16/h12-13,15,18H,3-11H2,1-2H3. The van der Waals surface area contributed by atoms with Crippen molar-refractivity contribution in [2.24, 2.45) is 0 Å². The van der Waals surface area contributed by atoms with Crippen LogP contribution in [0.25, 0.3) is 0 Å². The van der Waals surface area contributed by atoms with Gasteiger partial charge in [-0.25, -0.2) is 0 Å². The predicted molar refractivity (Wildman–Crippen MR) is 91.0 cm³/mol. The maximum atomic E-state index is 3.64. The SMILES string of the molecule is CCCCCCCCCCC(NC)c1sccc1Br. The number of rotatable bonds is 11. The van der Waals surface area contributed by atoms with Crippen LogP contribution >= 0.6 is 27.3 Å². The lowest BCUT2D eigenvalue weighted by atomic mass is 10.0. The van der Waals surface area contributed by atoms with Gasteiger partial charge in [0.2, 0.25) is 0 Å². The van der Waals surface area contributed by atoms with Crippen LogP contribution in [0.1, 0.15) is 75.6 Å². The molecule has 0 spiro atoms. The number of hydrogen-bond donors (Lipinski definition) is 1. The van der Waals surface area contributed by atoms with Gasteiger partial charge in [-0.2, -0.15) is 0 Å². The Morgan fingerprint density at radius 2 is 1.74 bits per heavy atom. The molecule has 1 unspecified atom stereocenters. The molecule has 3 heteroatoms. The van der Waals surface area contributed by atoms with Crippen LogP contribution in [0.4, 0.5) is 0 Å². The number of halogens is 1. The summed E-state index contributed by atoms with van der Waals surface area (Å²) in [6, 6.07) is 2.67. The zero-order chi connectivity index (χ0) is 13.9. The van der Waals surface area contributed by atoms with Gasteiger partial charge in [0.05, 0.1) is 0 Å². The average Bonchev–Trinajstić information content (AvgIpc) is 2.83. The Morgan fingerprint density at radius 1 is 1.11 bits per heavy atom. The highest BCUT2D eigenvalue weighted by Crippen LogP contribution is 2.31. The molecule has 0 aromatic carbocycles. The first-order valence-electron chi connectivity index (χ1n) is 7.69. The lowest BCUT2D eigenvalue weighted by molar-refractivity contribution is 0.498. The van der Waals surface area contributed by atoms with Crippen LogP contribution in [0.5, 0.6) is 0 Å². The topological polar surface area (TPSA) is 12.0 Å². The Bertz CT molecular complexity index is 324. The molecule has 19 heavy (non-hydrogen) atoms. The maximum absolute atomic E-state index is 3.64. The van der Waals surface area contributed by atoms with Crippen LogP contribution in [0.3, 0.4) is 0 Å². The van der Waals surface area contributed by atoms with E-state index < -0.39 is 0 Å². The van der Waals surface area contributed by atoms with Crippen LogP contribution < -0.4 is 5.32 Å². The third-order valence-electron chi connectivity index (χ3n) is 3.66. The molecule has 0 radical (unpaired) electrons. The first-order valence-corrected chi connectivity index (χ1v) is 9.37. The minimum Gasteiger partial charge on any atom is -0.312 e. The number of thiophene rings is 1. The molecule has 0 aliphatic carbocycles. The van der Waals surface area contributed by atoms with E-state index in [-0.39, 0.29) is 0 Å². The molecule has 1 aromatic rings. The van der Waals surface area contributed by atoms with Crippen LogP contribution in [-0.4, -0.2) is 7.05 Å². The molecular formula is C16H28BrNS. The third kappa shape index (κ3) is 6.92. The third-order valence-corrected chi connectivity index (χ3v) is 5.64. The second-order valence-electron chi connectivity index (χ2n) is 5.24. The summed E-state index contributed by atoms with van der Waals surface area (Å²) in [5.74, 6) is 0. The van der Waals surface area contributed by atoms with Crippen molar-refractivity contribution >= 4 is 27.3 Å². The summed E-state index contributed by atoms with van der Waals surface area (Å²) >= 11 is 5.49. The van der Waals surface area contributed by atoms with Gasteiger partial charge in [0.1, 0.15) is 0 Å². The Morgan fingerprint density at radius 3 is 2.26 bits per heavy atom. The molecule has 0 aliphatic rings. The highest BCUT2D eigenvalue weighted by Gasteiger charge is 2.13. The Balaban J connectivity index is 2.09. The molecule has 0 saturated heterocycles. The van der Waals surface area contributed by atoms with Crippen LogP contribution in [-0.2, 0) is 0 Å². The van der Waals surface area contributed by atoms with Crippen molar-refractivity contribution in [2.75, 3.05) is 7.05 Å².